The summed E-state index contributed by atoms with van der Waals surface area (Å²) in [5, 5.41) is 9.79. The van der Waals surface area contributed by atoms with Gasteiger partial charge in [0.1, 0.15) is 5.52 Å². The number of hydrogen-bond acceptors (Lipinski definition) is 5. The Kier molecular flexibility index (Phi) is 5.57. The number of aryl methyl sites for hydroxylation is 2. The van der Waals surface area contributed by atoms with E-state index in [-0.39, 0.29) is 0 Å². The van der Waals surface area contributed by atoms with Gasteiger partial charge >= 0.3 is 0 Å². The molecule has 8 heteroatoms. The number of anilines is 2. The molecule has 0 aliphatic heterocycles. The lowest BCUT2D eigenvalue weighted by molar-refractivity contribution is 0.528. The van der Waals surface area contributed by atoms with Crippen LogP contribution in [0.2, 0.25) is 0 Å². The third kappa shape index (κ3) is 4.20. The maximum absolute atomic E-state index is 12.3. The molecular formula is C25H18N4O3S. The summed E-state index contributed by atoms with van der Waals surface area (Å²) in [4.78, 5) is 8.98. The van der Waals surface area contributed by atoms with Crippen LogP contribution in [0.15, 0.2) is 83.4 Å². The van der Waals surface area contributed by atoms with Crippen molar-refractivity contribution in [1.29, 1.82) is 5.26 Å². The highest BCUT2D eigenvalue weighted by atomic mass is 32.2. The molecule has 5 rings (SSSR count). The van der Waals surface area contributed by atoms with Crippen molar-refractivity contribution < 1.29 is 13.2 Å². The van der Waals surface area contributed by atoms with Gasteiger partial charge in [0.15, 0.2) is 11.5 Å². The number of pyridine rings is 1. The van der Waals surface area contributed by atoms with Crippen molar-refractivity contribution in [3.63, 3.8) is 0 Å². The first-order chi connectivity index (χ1) is 16.1. The fourth-order valence-electron chi connectivity index (χ4n) is 3.76. The first kappa shape index (κ1) is 20.8. The lowest BCUT2D eigenvalue weighted by Gasteiger charge is -2.21. The minimum Gasteiger partial charge on any atom is -0.441 e. The van der Waals surface area contributed by atoms with Gasteiger partial charge in [-0.05, 0) is 54.4 Å². The third-order valence-corrected chi connectivity index (χ3v) is 6.07. The summed E-state index contributed by atoms with van der Waals surface area (Å²) in [7, 11) is 0. The van der Waals surface area contributed by atoms with Crippen molar-refractivity contribution in [2.24, 2.45) is 0 Å². The molecule has 7 nitrogen and oxygen atoms in total. The van der Waals surface area contributed by atoms with E-state index in [1.165, 1.54) is 4.31 Å². The van der Waals surface area contributed by atoms with Crippen LogP contribution < -0.4 is 4.31 Å². The number of rotatable bonds is 6. The van der Waals surface area contributed by atoms with Gasteiger partial charge < -0.3 is 4.42 Å². The van der Waals surface area contributed by atoms with Crippen LogP contribution in [-0.4, -0.2) is 18.7 Å². The summed E-state index contributed by atoms with van der Waals surface area (Å²) < 4.78 is 29.6. The van der Waals surface area contributed by atoms with Gasteiger partial charge in [-0.3, -0.25) is 9.54 Å². The van der Waals surface area contributed by atoms with Crippen molar-refractivity contribution in [2.75, 3.05) is 4.31 Å². The van der Waals surface area contributed by atoms with E-state index >= 15 is 0 Å². The molecule has 0 amide bonds. The Hall–Kier alpha value is -4.06. The predicted octanol–water partition coefficient (Wildman–Crippen LogP) is 5.31. The van der Waals surface area contributed by atoms with E-state index in [0.29, 0.717) is 45.9 Å². The van der Waals surface area contributed by atoms with Crippen molar-refractivity contribution in [1.82, 2.24) is 9.97 Å². The Balaban J connectivity index is 1.45. The monoisotopic (exact) mass is 454 g/mol. The summed E-state index contributed by atoms with van der Waals surface area (Å²) in [6, 6.07) is 24.0. The van der Waals surface area contributed by atoms with E-state index < -0.39 is 11.3 Å². The van der Waals surface area contributed by atoms with Crippen LogP contribution in [0.3, 0.4) is 0 Å². The Bertz CT molecular complexity index is 1520. The summed E-state index contributed by atoms with van der Waals surface area (Å²) in [6.45, 7) is 0. The predicted molar refractivity (Wildman–Crippen MR) is 127 cm³/mol. The minimum absolute atomic E-state index is 0.508. The number of oxazole rings is 1. The Morgan fingerprint density at radius 2 is 1.85 bits per heavy atom. The zero-order valence-electron chi connectivity index (χ0n) is 17.4. The van der Waals surface area contributed by atoms with Crippen LogP contribution >= 0.6 is 0 Å². The van der Waals surface area contributed by atoms with Gasteiger partial charge in [0, 0.05) is 18.0 Å². The van der Waals surface area contributed by atoms with E-state index in [0.717, 1.165) is 17.4 Å². The normalized spacial score (nSPS) is 12.0. The molecule has 5 aromatic rings. The van der Waals surface area contributed by atoms with Gasteiger partial charge in [-0.25, -0.2) is 13.5 Å². The molecule has 0 bridgehead atoms. The quantitative estimate of drug-likeness (QED) is 0.349. The van der Waals surface area contributed by atoms with Crippen LogP contribution in [0.4, 0.5) is 11.4 Å². The standard InChI is InChI=1S/C25H18N4O3S/c26-16-18-8-6-17(7-9-18)10-13-24-28-21-15-20(11-12-23(21)32-24)29(33(30)31)22-5-1-3-19-4-2-14-27-25(19)22/h1-9,11-12,14-15H,10,13H2,(H,30,31). The average molecular weight is 455 g/mol. The summed E-state index contributed by atoms with van der Waals surface area (Å²) in [5.41, 5.74) is 4.58. The molecule has 2 aromatic heterocycles. The molecule has 1 N–H and O–H groups in total. The highest BCUT2D eigenvalue weighted by Gasteiger charge is 2.20. The second-order valence-electron chi connectivity index (χ2n) is 7.45. The SMILES string of the molecule is N#Cc1ccc(CCc2nc3cc(N(c4cccc5cccnc45)S(=O)O)ccc3o2)cc1. The van der Waals surface area contributed by atoms with E-state index in [1.54, 1.807) is 42.6 Å². The van der Waals surface area contributed by atoms with E-state index in [1.807, 2.05) is 36.4 Å². The molecule has 162 valence electrons. The van der Waals surface area contributed by atoms with E-state index in [9.17, 15) is 8.76 Å². The summed E-state index contributed by atoms with van der Waals surface area (Å²) in [5.74, 6) is 0.579. The van der Waals surface area contributed by atoms with Crippen molar-refractivity contribution in [3.8, 4) is 6.07 Å². The zero-order valence-corrected chi connectivity index (χ0v) is 18.2. The molecule has 0 saturated heterocycles. The molecule has 33 heavy (non-hydrogen) atoms. The van der Waals surface area contributed by atoms with Crippen LogP contribution in [-0.2, 0) is 24.1 Å². The first-order valence-corrected chi connectivity index (χ1v) is 11.3. The summed E-state index contributed by atoms with van der Waals surface area (Å²) in [6.07, 6.45) is 2.98. The number of aromatic nitrogens is 2. The topological polar surface area (TPSA) is 103 Å². The Morgan fingerprint density at radius 1 is 1.03 bits per heavy atom. The molecule has 0 aliphatic rings. The lowest BCUT2D eigenvalue weighted by atomic mass is 10.1. The second-order valence-corrected chi connectivity index (χ2v) is 8.27. The van der Waals surface area contributed by atoms with Crippen LogP contribution in [0.1, 0.15) is 17.0 Å². The number of benzene rings is 3. The molecule has 1 atom stereocenters. The molecule has 0 fully saturated rings. The van der Waals surface area contributed by atoms with Crippen molar-refractivity contribution in [3.05, 3.63) is 96.0 Å². The number of hydrogen-bond donors (Lipinski definition) is 1. The maximum atomic E-state index is 12.3. The second kappa shape index (κ2) is 8.82. The zero-order chi connectivity index (χ0) is 22.8. The largest absolute Gasteiger partial charge is 0.441 e. The number of nitrogens with zero attached hydrogens (tertiary/aromatic N) is 4. The lowest BCUT2D eigenvalue weighted by Crippen LogP contribution is -2.19. The van der Waals surface area contributed by atoms with Crippen LogP contribution in [0.5, 0.6) is 0 Å². The first-order valence-electron chi connectivity index (χ1n) is 10.3. The fourth-order valence-corrected chi connectivity index (χ4v) is 4.37. The van der Waals surface area contributed by atoms with Crippen molar-refractivity contribution in [2.45, 2.75) is 12.8 Å². The van der Waals surface area contributed by atoms with Gasteiger partial charge in [0.25, 0.3) is 11.3 Å². The van der Waals surface area contributed by atoms with E-state index in [2.05, 4.69) is 16.0 Å². The minimum atomic E-state index is -2.32. The highest BCUT2D eigenvalue weighted by Crippen LogP contribution is 2.34. The van der Waals surface area contributed by atoms with Gasteiger partial charge in [0.05, 0.1) is 28.5 Å². The number of fused-ring (bicyclic) bond motifs is 2. The number of nitriles is 1. The van der Waals surface area contributed by atoms with Gasteiger partial charge in [-0.1, -0.05) is 30.3 Å². The average Bonchev–Trinajstić information content (AvgIpc) is 3.25. The molecular weight excluding hydrogens is 436 g/mol. The fraction of sp³-hybridized carbons (Fsp3) is 0.0800. The van der Waals surface area contributed by atoms with Gasteiger partial charge in [0.2, 0.25) is 0 Å². The molecule has 0 saturated carbocycles. The highest BCUT2D eigenvalue weighted by molar-refractivity contribution is 7.81. The molecule has 2 heterocycles. The van der Waals surface area contributed by atoms with Gasteiger partial charge in [-0.2, -0.15) is 5.26 Å². The van der Waals surface area contributed by atoms with Crippen LogP contribution in [0.25, 0.3) is 22.0 Å². The van der Waals surface area contributed by atoms with Crippen LogP contribution in [0, 0.1) is 11.3 Å². The van der Waals surface area contributed by atoms with E-state index in [4.69, 9.17) is 9.68 Å². The molecule has 0 radical (unpaired) electrons. The van der Waals surface area contributed by atoms with Gasteiger partial charge in [-0.15, -0.1) is 0 Å². The molecule has 1 unspecified atom stereocenters. The Labute approximate surface area is 192 Å². The molecule has 0 aliphatic carbocycles. The molecule has 0 spiro atoms. The molecule has 3 aromatic carbocycles. The summed E-state index contributed by atoms with van der Waals surface area (Å²) >= 11 is -2.32. The Morgan fingerprint density at radius 3 is 2.64 bits per heavy atom. The smallest absolute Gasteiger partial charge is 0.266 e. The van der Waals surface area contributed by atoms with Crippen molar-refractivity contribution >= 4 is 44.6 Å². The third-order valence-electron chi connectivity index (χ3n) is 5.35. The number of para-hydroxylation sites is 1. The maximum Gasteiger partial charge on any atom is 0.266 e.